The lowest BCUT2D eigenvalue weighted by Gasteiger charge is -2.15. The number of ether oxygens (including phenoxy) is 3. The van der Waals surface area contributed by atoms with E-state index in [9.17, 15) is 14.9 Å². The van der Waals surface area contributed by atoms with Crippen molar-refractivity contribution in [3.63, 3.8) is 0 Å². The first kappa shape index (κ1) is 21.0. The highest BCUT2D eigenvalue weighted by atomic mass is 16.5. The molecule has 1 atom stereocenters. The molecule has 0 heterocycles. The zero-order chi connectivity index (χ0) is 20.5. The maximum atomic E-state index is 13.0. The number of hydrogen-bond acceptors (Lipinski definition) is 6. The molecule has 28 heavy (non-hydrogen) atoms. The maximum Gasteiger partial charge on any atom is 0.305 e. The molecule has 2 aromatic carbocycles. The van der Waals surface area contributed by atoms with E-state index >= 15 is 0 Å². The average Bonchev–Trinajstić information content (AvgIpc) is 2.73. The van der Waals surface area contributed by atoms with Gasteiger partial charge in [0.1, 0.15) is 11.5 Å². The second kappa shape index (κ2) is 10.1. The quantitative estimate of drug-likeness (QED) is 0.484. The Balaban J connectivity index is 2.37. The molecule has 0 saturated heterocycles. The van der Waals surface area contributed by atoms with Crippen LogP contribution in [0.25, 0.3) is 0 Å². The first-order valence-corrected chi connectivity index (χ1v) is 8.96. The lowest BCUT2D eigenvalue weighted by molar-refractivity contribution is -0.143. The summed E-state index contributed by atoms with van der Waals surface area (Å²) in [6.45, 7) is 2.02. The van der Waals surface area contributed by atoms with Gasteiger partial charge in [0, 0.05) is 17.5 Å². The number of carbonyl (C=O) groups excluding carboxylic acids is 2. The summed E-state index contributed by atoms with van der Waals surface area (Å²) in [5.74, 6) is -0.0319. The van der Waals surface area contributed by atoms with Crippen molar-refractivity contribution >= 4 is 11.8 Å². The van der Waals surface area contributed by atoms with Gasteiger partial charge in [-0.1, -0.05) is 0 Å². The first-order valence-electron chi connectivity index (χ1n) is 8.96. The largest absolute Gasteiger partial charge is 0.497 e. The minimum Gasteiger partial charge on any atom is -0.497 e. The van der Waals surface area contributed by atoms with Crippen molar-refractivity contribution in [1.82, 2.24) is 0 Å². The Kier molecular flexibility index (Phi) is 7.58. The topological polar surface area (TPSA) is 85.6 Å². The van der Waals surface area contributed by atoms with E-state index in [1.807, 2.05) is 0 Å². The summed E-state index contributed by atoms with van der Waals surface area (Å²) >= 11 is 0. The molecule has 2 rings (SSSR count). The summed E-state index contributed by atoms with van der Waals surface area (Å²) in [6.07, 6.45) is 0.352. The Hall–Kier alpha value is -3.33. The van der Waals surface area contributed by atoms with Crippen molar-refractivity contribution in [2.24, 2.45) is 0 Å². The van der Waals surface area contributed by atoms with Crippen LogP contribution in [0.5, 0.6) is 11.5 Å². The van der Waals surface area contributed by atoms with Crippen molar-refractivity contribution in [3.05, 3.63) is 59.2 Å². The van der Waals surface area contributed by atoms with Crippen LogP contribution < -0.4 is 9.47 Å². The number of carbonyl (C=O) groups is 2. The summed E-state index contributed by atoms with van der Waals surface area (Å²) in [7, 11) is 3.07. The molecular weight excluding hydrogens is 358 g/mol. The number of benzene rings is 2. The van der Waals surface area contributed by atoms with Crippen molar-refractivity contribution in [1.29, 1.82) is 5.26 Å². The number of nitriles is 1. The van der Waals surface area contributed by atoms with Crippen molar-refractivity contribution in [3.8, 4) is 17.6 Å². The molecule has 0 amide bonds. The van der Waals surface area contributed by atoms with Gasteiger partial charge >= 0.3 is 5.97 Å². The third-order valence-corrected chi connectivity index (χ3v) is 4.33. The van der Waals surface area contributed by atoms with Crippen LogP contribution in [-0.4, -0.2) is 32.6 Å². The van der Waals surface area contributed by atoms with Gasteiger partial charge < -0.3 is 14.2 Å². The minimum atomic E-state index is -0.642. The van der Waals surface area contributed by atoms with E-state index in [0.717, 1.165) is 0 Å². The summed E-state index contributed by atoms with van der Waals surface area (Å²) in [5, 5.41) is 9.66. The third kappa shape index (κ3) is 5.10. The molecule has 1 unspecified atom stereocenters. The SMILES string of the molecule is CCOC(=O)CCC(C#N)c1cc(OC)ccc1C(=O)c1ccc(OC)cc1. The Morgan fingerprint density at radius 3 is 2.25 bits per heavy atom. The van der Waals surface area contributed by atoms with Crippen LogP contribution >= 0.6 is 0 Å². The number of methoxy groups -OCH3 is 2. The zero-order valence-corrected chi connectivity index (χ0v) is 16.2. The molecule has 6 nitrogen and oxygen atoms in total. The summed E-state index contributed by atoms with van der Waals surface area (Å²) < 4.78 is 15.3. The fourth-order valence-electron chi connectivity index (χ4n) is 2.85. The summed E-state index contributed by atoms with van der Waals surface area (Å²) in [4.78, 5) is 24.7. The third-order valence-electron chi connectivity index (χ3n) is 4.33. The number of rotatable bonds is 9. The highest BCUT2D eigenvalue weighted by molar-refractivity contribution is 6.10. The van der Waals surface area contributed by atoms with E-state index in [0.29, 0.717) is 28.2 Å². The molecular formula is C22H23NO5. The molecule has 0 N–H and O–H groups in total. The molecule has 6 heteroatoms. The molecule has 0 aromatic heterocycles. The summed E-state index contributed by atoms with van der Waals surface area (Å²) in [5.41, 5.74) is 1.42. The predicted octanol–water partition coefficient (Wildman–Crippen LogP) is 3.89. The smallest absolute Gasteiger partial charge is 0.305 e. The molecule has 0 spiro atoms. The van der Waals surface area contributed by atoms with Crippen molar-refractivity contribution < 1.29 is 23.8 Å². The Morgan fingerprint density at radius 2 is 1.68 bits per heavy atom. The van der Waals surface area contributed by atoms with Crippen LogP contribution in [0.3, 0.4) is 0 Å². The maximum absolute atomic E-state index is 13.0. The molecule has 0 bridgehead atoms. The van der Waals surface area contributed by atoms with Gasteiger partial charge in [0.25, 0.3) is 0 Å². The molecule has 0 radical (unpaired) electrons. The standard InChI is InChI=1S/C22H23NO5/c1-4-28-21(24)12-7-16(14-23)20-13-18(27-3)10-11-19(20)22(25)15-5-8-17(26-2)9-6-15/h5-6,8-11,13,16H,4,7,12H2,1-3H3. The van der Waals surface area contributed by atoms with Gasteiger partial charge in [-0.2, -0.15) is 5.26 Å². The van der Waals surface area contributed by atoms with Gasteiger partial charge in [-0.15, -0.1) is 0 Å². The molecule has 0 aliphatic carbocycles. The zero-order valence-electron chi connectivity index (χ0n) is 16.2. The number of ketones is 1. The van der Waals surface area contributed by atoms with Gasteiger partial charge in [0.15, 0.2) is 5.78 Å². The van der Waals surface area contributed by atoms with E-state index in [2.05, 4.69) is 6.07 Å². The fraction of sp³-hybridized carbons (Fsp3) is 0.318. The second-order valence-electron chi connectivity index (χ2n) is 6.04. The van der Waals surface area contributed by atoms with Gasteiger partial charge in [0.2, 0.25) is 0 Å². The summed E-state index contributed by atoms with van der Waals surface area (Å²) in [6, 6.07) is 14.0. The van der Waals surface area contributed by atoms with E-state index in [1.165, 1.54) is 7.11 Å². The molecule has 146 valence electrons. The molecule has 0 saturated carbocycles. The number of nitrogens with zero attached hydrogens (tertiary/aromatic N) is 1. The van der Waals surface area contributed by atoms with E-state index in [1.54, 1.807) is 56.5 Å². The highest BCUT2D eigenvalue weighted by Gasteiger charge is 2.22. The lowest BCUT2D eigenvalue weighted by Crippen LogP contribution is -2.11. The lowest BCUT2D eigenvalue weighted by atomic mass is 9.88. The normalized spacial score (nSPS) is 11.2. The molecule has 0 aliphatic rings. The Morgan fingerprint density at radius 1 is 1.04 bits per heavy atom. The van der Waals surface area contributed by atoms with Crippen LogP contribution in [0.4, 0.5) is 0 Å². The van der Waals surface area contributed by atoms with Gasteiger partial charge in [-0.25, -0.2) is 0 Å². The fourth-order valence-corrected chi connectivity index (χ4v) is 2.85. The minimum absolute atomic E-state index is 0.0967. The van der Waals surface area contributed by atoms with Crippen LogP contribution in [-0.2, 0) is 9.53 Å². The van der Waals surface area contributed by atoms with Crippen molar-refractivity contribution in [2.75, 3.05) is 20.8 Å². The van der Waals surface area contributed by atoms with Crippen LogP contribution in [0.2, 0.25) is 0 Å². The van der Waals surface area contributed by atoms with Crippen LogP contribution in [0, 0.1) is 11.3 Å². The average molecular weight is 381 g/mol. The molecule has 0 fully saturated rings. The number of hydrogen-bond donors (Lipinski definition) is 0. The van der Waals surface area contributed by atoms with Crippen LogP contribution in [0.15, 0.2) is 42.5 Å². The van der Waals surface area contributed by atoms with Gasteiger partial charge in [0.05, 0.1) is 32.8 Å². The van der Waals surface area contributed by atoms with E-state index < -0.39 is 5.92 Å². The van der Waals surface area contributed by atoms with Gasteiger partial charge in [-0.3, -0.25) is 9.59 Å². The van der Waals surface area contributed by atoms with Crippen LogP contribution in [0.1, 0.15) is 47.2 Å². The monoisotopic (exact) mass is 381 g/mol. The Labute approximate surface area is 164 Å². The predicted molar refractivity (Wildman–Crippen MR) is 104 cm³/mol. The highest BCUT2D eigenvalue weighted by Crippen LogP contribution is 2.30. The molecule has 2 aromatic rings. The van der Waals surface area contributed by atoms with Gasteiger partial charge in [-0.05, 0) is 61.4 Å². The van der Waals surface area contributed by atoms with Crippen molar-refractivity contribution in [2.45, 2.75) is 25.7 Å². The molecule has 0 aliphatic heterocycles. The second-order valence-corrected chi connectivity index (χ2v) is 6.04. The Bertz CT molecular complexity index is 867. The van der Waals surface area contributed by atoms with E-state index in [-0.39, 0.29) is 31.2 Å². The first-order chi connectivity index (χ1) is 13.5. The van der Waals surface area contributed by atoms with E-state index in [4.69, 9.17) is 14.2 Å². The number of esters is 1.